The standard InChI is InChI=1S/C24H24N4O5S/c1-14-11-18(26-20(29)17-5-4-10-33-17)34-19(14)21(30)25-12-15-6-8-16(9-7-15)13-28-22(31)24(2,3)27-23(28)32/h4-11H,12-13H2,1-3H3,(H,25,30)(H,26,29)(H,27,32). The Morgan fingerprint density at radius 1 is 1.09 bits per heavy atom. The minimum atomic E-state index is -0.900. The predicted octanol–water partition coefficient (Wildman–Crippen LogP) is 3.66. The molecule has 3 N–H and O–H groups in total. The summed E-state index contributed by atoms with van der Waals surface area (Å²) in [5.74, 6) is -0.694. The molecule has 5 amide bonds. The van der Waals surface area contributed by atoms with Crippen LogP contribution in [0, 0.1) is 6.92 Å². The van der Waals surface area contributed by atoms with Crippen molar-refractivity contribution in [3.63, 3.8) is 0 Å². The van der Waals surface area contributed by atoms with Crippen LogP contribution >= 0.6 is 11.3 Å². The molecule has 1 fully saturated rings. The Hall–Kier alpha value is -3.92. The number of carbonyl (C=O) groups is 4. The summed E-state index contributed by atoms with van der Waals surface area (Å²) in [4.78, 5) is 50.9. The number of amides is 5. The highest BCUT2D eigenvalue weighted by Gasteiger charge is 2.44. The molecule has 0 bridgehead atoms. The number of carbonyl (C=O) groups excluding carboxylic acids is 4. The highest BCUT2D eigenvalue weighted by atomic mass is 32.1. The van der Waals surface area contributed by atoms with Crippen molar-refractivity contribution in [3.8, 4) is 0 Å². The van der Waals surface area contributed by atoms with Gasteiger partial charge in [0, 0.05) is 6.54 Å². The number of thiophene rings is 1. The van der Waals surface area contributed by atoms with Crippen LogP contribution in [0.2, 0.25) is 0 Å². The number of benzene rings is 1. The van der Waals surface area contributed by atoms with Gasteiger partial charge in [-0.15, -0.1) is 11.3 Å². The second-order valence-electron chi connectivity index (χ2n) is 8.50. The third-order valence-electron chi connectivity index (χ3n) is 5.37. The van der Waals surface area contributed by atoms with Gasteiger partial charge in [-0.2, -0.15) is 0 Å². The minimum absolute atomic E-state index is 0.182. The van der Waals surface area contributed by atoms with Crippen LogP contribution in [-0.4, -0.2) is 34.2 Å². The Balaban J connectivity index is 1.33. The van der Waals surface area contributed by atoms with Crippen molar-refractivity contribution in [2.45, 2.75) is 39.4 Å². The van der Waals surface area contributed by atoms with Gasteiger partial charge in [0.15, 0.2) is 5.76 Å². The quantitative estimate of drug-likeness (QED) is 0.446. The first-order chi connectivity index (χ1) is 16.1. The third kappa shape index (κ3) is 4.86. The van der Waals surface area contributed by atoms with E-state index < -0.39 is 11.6 Å². The fraction of sp³-hybridized carbons (Fsp3) is 0.250. The summed E-state index contributed by atoms with van der Waals surface area (Å²) in [7, 11) is 0. The Kier molecular flexibility index (Phi) is 6.25. The van der Waals surface area contributed by atoms with Crippen LogP contribution in [0.25, 0.3) is 0 Å². The molecule has 1 aliphatic rings. The van der Waals surface area contributed by atoms with Crippen LogP contribution in [-0.2, 0) is 17.9 Å². The van der Waals surface area contributed by atoms with E-state index >= 15 is 0 Å². The van der Waals surface area contributed by atoms with Gasteiger partial charge in [-0.25, -0.2) is 4.79 Å². The molecule has 10 heteroatoms. The van der Waals surface area contributed by atoms with E-state index in [1.54, 1.807) is 39.0 Å². The number of anilines is 1. The highest BCUT2D eigenvalue weighted by Crippen LogP contribution is 2.27. The molecule has 1 aromatic carbocycles. The molecule has 0 unspecified atom stereocenters. The highest BCUT2D eigenvalue weighted by molar-refractivity contribution is 7.18. The maximum atomic E-state index is 12.7. The van der Waals surface area contributed by atoms with Crippen LogP contribution in [0.5, 0.6) is 0 Å². The topological polar surface area (TPSA) is 121 Å². The zero-order valence-corrected chi connectivity index (χ0v) is 19.7. The van der Waals surface area contributed by atoms with E-state index in [0.29, 0.717) is 16.4 Å². The van der Waals surface area contributed by atoms with Crippen molar-refractivity contribution in [3.05, 3.63) is 76.1 Å². The molecule has 1 aliphatic heterocycles. The lowest BCUT2D eigenvalue weighted by atomic mass is 10.1. The number of urea groups is 1. The van der Waals surface area contributed by atoms with E-state index in [-0.39, 0.29) is 30.0 Å². The maximum absolute atomic E-state index is 12.7. The number of imide groups is 1. The molecule has 0 aliphatic carbocycles. The van der Waals surface area contributed by atoms with E-state index in [9.17, 15) is 19.2 Å². The van der Waals surface area contributed by atoms with E-state index in [1.807, 2.05) is 24.3 Å². The van der Waals surface area contributed by atoms with E-state index in [4.69, 9.17) is 4.42 Å². The summed E-state index contributed by atoms with van der Waals surface area (Å²) in [6.45, 7) is 5.64. The lowest BCUT2D eigenvalue weighted by Gasteiger charge is -2.16. The molecule has 4 rings (SSSR count). The van der Waals surface area contributed by atoms with Crippen LogP contribution in [0.1, 0.15) is 50.8 Å². The molecular weight excluding hydrogens is 456 g/mol. The van der Waals surface area contributed by atoms with Crippen LogP contribution in [0.15, 0.2) is 53.1 Å². The first-order valence-electron chi connectivity index (χ1n) is 10.6. The predicted molar refractivity (Wildman–Crippen MR) is 126 cm³/mol. The Morgan fingerprint density at radius 2 is 1.79 bits per heavy atom. The fourth-order valence-electron chi connectivity index (χ4n) is 3.52. The largest absolute Gasteiger partial charge is 0.459 e. The van der Waals surface area contributed by atoms with E-state index in [0.717, 1.165) is 16.7 Å². The second-order valence-corrected chi connectivity index (χ2v) is 9.55. The second kappa shape index (κ2) is 9.14. The van der Waals surface area contributed by atoms with Gasteiger partial charge >= 0.3 is 6.03 Å². The molecule has 34 heavy (non-hydrogen) atoms. The van der Waals surface area contributed by atoms with Gasteiger partial charge in [0.25, 0.3) is 17.7 Å². The molecule has 176 valence electrons. The smallest absolute Gasteiger partial charge is 0.325 e. The minimum Gasteiger partial charge on any atom is -0.459 e. The number of rotatable bonds is 7. The number of hydrogen-bond acceptors (Lipinski definition) is 6. The van der Waals surface area contributed by atoms with Crippen molar-refractivity contribution >= 4 is 40.1 Å². The van der Waals surface area contributed by atoms with Crippen molar-refractivity contribution in [1.82, 2.24) is 15.5 Å². The molecule has 0 radical (unpaired) electrons. The number of nitrogens with zero attached hydrogens (tertiary/aromatic N) is 1. The monoisotopic (exact) mass is 480 g/mol. The first-order valence-corrected chi connectivity index (χ1v) is 11.4. The molecule has 0 spiro atoms. The van der Waals surface area contributed by atoms with Crippen LogP contribution < -0.4 is 16.0 Å². The van der Waals surface area contributed by atoms with E-state index in [2.05, 4.69) is 16.0 Å². The van der Waals surface area contributed by atoms with Gasteiger partial charge in [0.2, 0.25) is 0 Å². The molecule has 1 saturated heterocycles. The molecular formula is C24H24N4O5S. The summed E-state index contributed by atoms with van der Waals surface area (Å²) in [6, 6.07) is 11.9. The van der Waals surface area contributed by atoms with Gasteiger partial charge in [0.05, 0.1) is 22.7 Å². The number of nitrogens with one attached hydrogen (secondary N) is 3. The Morgan fingerprint density at radius 3 is 2.41 bits per heavy atom. The number of aryl methyl sites for hydroxylation is 1. The van der Waals surface area contributed by atoms with Gasteiger partial charge in [-0.3, -0.25) is 19.3 Å². The van der Waals surface area contributed by atoms with Crippen LogP contribution in [0.3, 0.4) is 0 Å². The summed E-state index contributed by atoms with van der Waals surface area (Å²) in [6.07, 6.45) is 1.42. The zero-order valence-electron chi connectivity index (χ0n) is 18.9. The van der Waals surface area contributed by atoms with Gasteiger partial charge < -0.3 is 20.4 Å². The Bertz CT molecular complexity index is 1240. The van der Waals surface area contributed by atoms with Crippen LogP contribution in [0.4, 0.5) is 9.80 Å². The van der Waals surface area contributed by atoms with Gasteiger partial charge in [-0.1, -0.05) is 24.3 Å². The normalized spacial score (nSPS) is 14.7. The molecule has 0 atom stereocenters. The van der Waals surface area contributed by atoms with Gasteiger partial charge in [0.1, 0.15) is 5.54 Å². The molecule has 3 heterocycles. The molecule has 2 aromatic heterocycles. The average molecular weight is 481 g/mol. The molecule has 0 saturated carbocycles. The maximum Gasteiger partial charge on any atom is 0.325 e. The third-order valence-corrected chi connectivity index (χ3v) is 6.52. The Labute approximate surface area is 200 Å². The van der Waals surface area contributed by atoms with Crippen molar-refractivity contribution < 1.29 is 23.6 Å². The number of furan rings is 1. The van der Waals surface area contributed by atoms with Crippen molar-refractivity contribution in [1.29, 1.82) is 0 Å². The van der Waals surface area contributed by atoms with E-state index in [1.165, 1.54) is 22.5 Å². The first kappa shape index (κ1) is 23.2. The van der Waals surface area contributed by atoms with Gasteiger partial charge in [-0.05, 0) is 55.7 Å². The van der Waals surface area contributed by atoms with Crippen molar-refractivity contribution in [2.75, 3.05) is 5.32 Å². The summed E-state index contributed by atoms with van der Waals surface area (Å²) in [5, 5.41) is 8.82. The molecule has 9 nitrogen and oxygen atoms in total. The summed E-state index contributed by atoms with van der Waals surface area (Å²) >= 11 is 1.19. The lowest BCUT2D eigenvalue weighted by molar-refractivity contribution is -0.130. The summed E-state index contributed by atoms with van der Waals surface area (Å²) in [5.41, 5.74) is 1.53. The molecule has 3 aromatic rings. The lowest BCUT2D eigenvalue weighted by Crippen LogP contribution is -2.40. The SMILES string of the molecule is Cc1cc(NC(=O)c2ccco2)sc1C(=O)NCc1ccc(CN2C(=O)NC(C)(C)C2=O)cc1. The fourth-order valence-corrected chi connectivity index (χ4v) is 4.50. The number of hydrogen-bond donors (Lipinski definition) is 3. The van der Waals surface area contributed by atoms with Crippen molar-refractivity contribution in [2.24, 2.45) is 0 Å². The average Bonchev–Trinajstić information content (AvgIpc) is 3.49. The summed E-state index contributed by atoms with van der Waals surface area (Å²) < 4.78 is 5.08. The zero-order chi connectivity index (χ0) is 24.5.